The van der Waals surface area contributed by atoms with Gasteiger partial charge in [0, 0.05) is 25.0 Å². The molecule has 1 aromatic rings. The molecule has 2 unspecified atom stereocenters. The molecule has 2 atom stereocenters. The molecule has 4 nitrogen and oxygen atoms in total. The van der Waals surface area contributed by atoms with Crippen LogP contribution in [0.1, 0.15) is 31.2 Å². The summed E-state index contributed by atoms with van der Waals surface area (Å²) in [5, 5.41) is 2.91. The van der Waals surface area contributed by atoms with Gasteiger partial charge in [-0.3, -0.25) is 9.78 Å². The van der Waals surface area contributed by atoms with Crippen molar-refractivity contribution in [3.05, 3.63) is 30.1 Å². The van der Waals surface area contributed by atoms with Gasteiger partial charge in [-0.1, -0.05) is 6.07 Å². The van der Waals surface area contributed by atoms with Gasteiger partial charge in [0.05, 0.1) is 5.92 Å². The largest absolute Gasteiger partial charge is 0.354 e. The molecule has 17 heavy (non-hydrogen) atoms. The van der Waals surface area contributed by atoms with Crippen LogP contribution in [0.5, 0.6) is 0 Å². The predicted octanol–water partition coefficient (Wildman–Crippen LogP) is 1.04. The Bertz CT molecular complexity index is 376. The number of carbonyl (C=O) groups is 1. The number of aromatic nitrogens is 1. The zero-order valence-corrected chi connectivity index (χ0v) is 10.1. The van der Waals surface area contributed by atoms with Crippen LogP contribution in [0.25, 0.3) is 0 Å². The van der Waals surface area contributed by atoms with Gasteiger partial charge in [0.25, 0.3) is 0 Å². The number of nitrogens with two attached hydrogens (primary N) is 1. The Morgan fingerprint density at radius 1 is 1.65 bits per heavy atom. The zero-order valence-electron chi connectivity index (χ0n) is 10.1. The lowest BCUT2D eigenvalue weighted by Gasteiger charge is -2.15. The fourth-order valence-corrected chi connectivity index (χ4v) is 1.85. The number of hydrogen-bond donors (Lipinski definition) is 2. The molecule has 1 fully saturated rings. The van der Waals surface area contributed by atoms with Crippen LogP contribution in [0.2, 0.25) is 0 Å². The summed E-state index contributed by atoms with van der Waals surface area (Å²) < 4.78 is 0. The molecule has 4 heteroatoms. The first-order valence-electron chi connectivity index (χ1n) is 6.11. The molecule has 3 N–H and O–H groups in total. The summed E-state index contributed by atoms with van der Waals surface area (Å²) in [5.41, 5.74) is 6.87. The van der Waals surface area contributed by atoms with Gasteiger partial charge < -0.3 is 11.1 Å². The highest BCUT2D eigenvalue weighted by atomic mass is 16.1. The molecule has 2 rings (SSSR count). The lowest BCUT2D eigenvalue weighted by molar-refractivity contribution is -0.122. The van der Waals surface area contributed by atoms with E-state index in [0.717, 1.165) is 5.56 Å². The first-order valence-corrected chi connectivity index (χ1v) is 6.11. The van der Waals surface area contributed by atoms with Gasteiger partial charge in [0.15, 0.2) is 0 Å². The van der Waals surface area contributed by atoms with Crippen molar-refractivity contribution in [1.82, 2.24) is 10.3 Å². The smallest absolute Gasteiger partial charge is 0.227 e. The van der Waals surface area contributed by atoms with Crippen molar-refractivity contribution in [2.45, 2.75) is 31.7 Å². The van der Waals surface area contributed by atoms with E-state index in [1.807, 2.05) is 19.1 Å². The molecule has 1 aliphatic carbocycles. The summed E-state index contributed by atoms with van der Waals surface area (Å²) in [4.78, 5) is 15.9. The molecule has 1 aliphatic rings. The van der Waals surface area contributed by atoms with Crippen molar-refractivity contribution in [3.63, 3.8) is 0 Å². The van der Waals surface area contributed by atoms with Crippen molar-refractivity contribution < 1.29 is 4.79 Å². The summed E-state index contributed by atoms with van der Waals surface area (Å²) in [6, 6.07) is 3.87. The van der Waals surface area contributed by atoms with Crippen LogP contribution in [-0.4, -0.2) is 23.5 Å². The normalized spacial score (nSPS) is 18.5. The van der Waals surface area contributed by atoms with E-state index in [1.54, 1.807) is 12.4 Å². The van der Waals surface area contributed by atoms with E-state index in [-0.39, 0.29) is 17.9 Å². The average Bonchev–Trinajstić information content (AvgIpc) is 3.20. The quantitative estimate of drug-likeness (QED) is 0.798. The maximum absolute atomic E-state index is 11.9. The van der Waals surface area contributed by atoms with E-state index in [1.165, 1.54) is 12.8 Å². The monoisotopic (exact) mass is 233 g/mol. The third-order valence-corrected chi connectivity index (χ3v) is 3.32. The van der Waals surface area contributed by atoms with Gasteiger partial charge in [0.2, 0.25) is 5.91 Å². The molecule has 0 aromatic carbocycles. The van der Waals surface area contributed by atoms with Gasteiger partial charge in [-0.05, 0) is 37.3 Å². The van der Waals surface area contributed by atoms with E-state index in [9.17, 15) is 4.79 Å². The van der Waals surface area contributed by atoms with Gasteiger partial charge in [-0.2, -0.15) is 0 Å². The van der Waals surface area contributed by atoms with Gasteiger partial charge >= 0.3 is 0 Å². The second-order valence-electron chi connectivity index (χ2n) is 4.75. The van der Waals surface area contributed by atoms with Crippen LogP contribution in [0.4, 0.5) is 0 Å². The SMILES string of the molecule is CC(C(=O)NCC(N)C1CC1)c1cccnc1. The Balaban J connectivity index is 1.82. The molecule has 1 saturated carbocycles. The number of pyridine rings is 1. The Morgan fingerprint density at radius 2 is 2.41 bits per heavy atom. The molecule has 92 valence electrons. The van der Waals surface area contributed by atoms with Crippen molar-refractivity contribution in [2.75, 3.05) is 6.54 Å². The van der Waals surface area contributed by atoms with E-state index in [0.29, 0.717) is 12.5 Å². The summed E-state index contributed by atoms with van der Waals surface area (Å²) >= 11 is 0. The van der Waals surface area contributed by atoms with E-state index < -0.39 is 0 Å². The standard InChI is InChI=1S/C13H19N3O/c1-9(11-3-2-6-15-7-11)13(17)16-8-12(14)10-4-5-10/h2-3,6-7,9-10,12H,4-5,8,14H2,1H3,(H,16,17). The van der Waals surface area contributed by atoms with Crippen LogP contribution in [-0.2, 0) is 4.79 Å². The molecule has 0 radical (unpaired) electrons. The fourth-order valence-electron chi connectivity index (χ4n) is 1.85. The Labute approximate surface area is 102 Å². The van der Waals surface area contributed by atoms with Crippen molar-refractivity contribution in [1.29, 1.82) is 0 Å². The molecule has 0 saturated heterocycles. The summed E-state index contributed by atoms with van der Waals surface area (Å²) in [6.45, 7) is 2.46. The molecule has 0 bridgehead atoms. The highest BCUT2D eigenvalue weighted by Crippen LogP contribution is 2.31. The highest BCUT2D eigenvalue weighted by Gasteiger charge is 2.28. The lowest BCUT2D eigenvalue weighted by atomic mass is 10.0. The van der Waals surface area contributed by atoms with Crippen LogP contribution < -0.4 is 11.1 Å². The van der Waals surface area contributed by atoms with Crippen LogP contribution in [0, 0.1) is 5.92 Å². The van der Waals surface area contributed by atoms with Gasteiger partial charge in [-0.25, -0.2) is 0 Å². The number of carbonyl (C=O) groups excluding carboxylic acids is 1. The van der Waals surface area contributed by atoms with Crippen LogP contribution >= 0.6 is 0 Å². The average molecular weight is 233 g/mol. The Morgan fingerprint density at radius 3 is 3.00 bits per heavy atom. The molecule has 1 amide bonds. The zero-order chi connectivity index (χ0) is 12.3. The number of nitrogens with one attached hydrogen (secondary N) is 1. The Kier molecular flexibility index (Phi) is 3.74. The fraction of sp³-hybridized carbons (Fsp3) is 0.538. The maximum Gasteiger partial charge on any atom is 0.227 e. The minimum atomic E-state index is -0.171. The van der Waals surface area contributed by atoms with E-state index in [2.05, 4.69) is 10.3 Å². The third-order valence-electron chi connectivity index (χ3n) is 3.32. The molecule has 0 spiro atoms. The Hall–Kier alpha value is -1.42. The minimum Gasteiger partial charge on any atom is -0.354 e. The topological polar surface area (TPSA) is 68.0 Å². The van der Waals surface area contributed by atoms with Gasteiger partial charge in [-0.15, -0.1) is 0 Å². The van der Waals surface area contributed by atoms with Crippen LogP contribution in [0.15, 0.2) is 24.5 Å². The van der Waals surface area contributed by atoms with E-state index >= 15 is 0 Å². The third kappa shape index (κ3) is 3.27. The first kappa shape index (κ1) is 12.0. The summed E-state index contributed by atoms with van der Waals surface area (Å²) in [7, 11) is 0. The van der Waals surface area contributed by atoms with Crippen LogP contribution in [0.3, 0.4) is 0 Å². The minimum absolute atomic E-state index is 0.0223. The first-order chi connectivity index (χ1) is 8.18. The van der Waals surface area contributed by atoms with Crippen molar-refractivity contribution in [3.8, 4) is 0 Å². The molecular formula is C13H19N3O. The molecule has 0 aliphatic heterocycles. The lowest BCUT2D eigenvalue weighted by Crippen LogP contribution is -2.40. The summed E-state index contributed by atoms with van der Waals surface area (Å²) in [6.07, 6.45) is 5.84. The molecule has 1 aromatic heterocycles. The number of nitrogens with zero attached hydrogens (tertiary/aromatic N) is 1. The molecular weight excluding hydrogens is 214 g/mol. The van der Waals surface area contributed by atoms with Crippen molar-refractivity contribution in [2.24, 2.45) is 11.7 Å². The maximum atomic E-state index is 11.9. The predicted molar refractivity (Wildman–Crippen MR) is 66.4 cm³/mol. The number of hydrogen-bond acceptors (Lipinski definition) is 3. The van der Waals surface area contributed by atoms with Crippen molar-refractivity contribution >= 4 is 5.91 Å². The number of rotatable bonds is 5. The highest BCUT2D eigenvalue weighted by molar-refractivity contribution is 5.83. The second kappa shape index (κ2) is 5.27. The molecule has 1 heterocycles. The van der Waals surface area contributed by atoms with Gasteiger partial charge in [0.1, 0.15) is 0 Å². The van der Waals surface area contributed by atoms with E-state index in [4.69, 9.17) is 5.73 Å². The summed E-state index contributed by atoms with van der Waals surface area (Å²) in [5.74, 6) is 0.466. The number of amides is 1. The second-order valence-corrected chi connectivity index (χ2v) is 4.75.